The third kappa shape index (κ3) is 2.53. The number of furan rings is 1. The lowest BCUT2D eigenvalue weighted by Crippen LogP contribution is -2.18. The van der Waals surface area contributed by atoms with Crippen molar-refractivity contribution in [2.24, 2.45) is 0 Å². The summed E-state index contributed by atoms with van der Waals surface area (Å²) >= 11 is 5.10. The number of aromatic nitrogens is 1. The molecule has 5 heteroatoms. The van der Waals surface area contributed by atoms with E-state index >= 15 is 0 Å². The van der Waals surface area contributed by atoms with E-state index < -0.39 is 0 Å². The summed E-state index contributed by atoms with van der Waals surface area (Å²) in [5.74, 6) is 0. The summed E-state index contributed by atoms with van der Waals surface area (Å²) < 4.78 is 6.04. The molecule has 2 heterocycles. The third-order valence-corrected chi connectivity index (χ3v) is 4.05. The smallest absolute Gasteiger partial charge is 0.173 e. The molecular formula is C11H13BrN2OS. The topological polar surface area (TPSA) is 38.1 Å². The molecule has 86 valence electrons. The number of halogens is 1. The van der Waals surface area contributed by atoms with Gasteiger partial charge in [-0.05, 0) is 36.0 Å². The first-order valence-electron chi connectivity index (χ1n) is 5.02. The van der Waals surface area contributed by atoms with Gasteiger partial charge in [0.25, 0.3) is 0 Å². The largest absolute Gasteiger partial charge is 0.457 e. The minimum atomic E-state index is 0.235. The van der Waals surface area contributed by atoms with Crippen LogP contribution in [0.3, 0.4) is 0 Å². The number of nitrogens with zero attached hydrogens (tertiary/aromatic N) is 1. The lowest BCUT2D eigenvalue weighted by atomic mass is 10.1. The number of rotatable bonds is 4. The standard InChI is InChI=1S/C11H13BrN2OS/c1-7-6-16-10(14-7)5-9(13-2)8-3-4-15-11(8)12/h3-4,6,9,13H,5H2,1-2H3. The molecule has 0 fully saturated rings. The second-order valence-corrected chi connectivity index (χ2v) is 5.24. The highest BCUT2D eigenvalue weighted by molar-refractivity contribution is 9.10. The first kappa shape index (κ1) is 11.8. The summed E-state index contributed by atoms with van der Waals surface area (Å²) in [6.07, 6.45) is 2.57. The van der Waals surface area contributed by atoms with E-state index in [9.17, 15) is 0 Å². The molecule has 0 saturated heterocycles. The van der Waals surface area contributed by atoms with Gasteiger partial charge in [0.2, 0.25) is 0 Å². The Balaban J connectivity index is 2.15. The van der Waals surface area contributed by atoms with Gasteiger partial charge in [-0.15, -0.1) is 11.3 Å². The molecular weight excluding hydrogens is 288 g/mol. The fraction of sp³-hybridized carbons (Fsp3) is 0.364. The summed E-state index contributed by atoms with van der Waals surface area (Å²) in [4.78, 5) is 4.47. The zero-order chi connectivity index (χ0) is 11.5. The molecule has 0 aromatic carbocycles. The summed E-state index contributed by atoms with van der Waals surface area (Å²) in [6, 6.07) is 2.21. The highest BCUT2D eigenvalue weighted by atomic mass is 79.9. The molecule has 0 saturated carbocycles. The lowest BCUT2D eigenvalue weighted by Gasteiger charge is -2.13. The van der Waals surface area contributed by atoms with Crippen LogP contribution in [0, 0.1) is 6.92 Å². The molecule has 3 nitrogen and oxygen atoms in total. The normalized spacial score (nSPS) is 12.9. The highest BCUT2D eigenvalue weighted by Gasteiger charge is 2.16. The lowest BCUT2D eigenvalue weighted by molar-refractivity contribution is 0.518. The summed E-state index contributed by atoms with van der Waals surface area (Å²) in [5.41, 5.74) is 2.22. The second-order valence-electron chi connectivity index (χ2n) is 3.58. The molecule has 2 aromatic rings. The predicted molar refractivity (Wildman–Crippen MR) is 68.8 cm³/mol. The van der Waals surface area contributed by atoms with E-state index in [1.807, 2.05) is 20.0 Å². The van der Waals surface area contributed by atoms with Gasteiger partial charge in [0.15, 0.2) is 4.67 Å². The number of aryl methyl sites for hydroxylation is 1. The molecule has 0 amide bonds. The summed E-state index contributed by atoms with van der Waals surface area (Å²) in [6.45, 7) is 2.02. The van der Waals surface area contributed by atoms with Crippen molar-refractivity contribution in [3.63, 3.8) is 0 Å². The van der Waals surface area contributed by atoms with Crippen molar-refractivity contribution >= 4 is 27.3 Å². The maximum atomic E-state index is 5.25. The van der Waals surface area contributed by atoms with E-state index in [-0.39, 0.29) is 6.04 Å². The molecule has 0 radical (unpaired) electrons. The highest BCUT2D eigenvalue weighted by Crippen LogP contribution is 2.27. The van der Waals surface area contributed by atoms with E-state index in [4.69, 9.17) is 4.42 Å². The molecule has 16 heavy (non-hydrogen) atoms. The van der Waals surface area contributed by atoms with Crippen molar-refractivity contribution < 1.29 is 4.42 Å². The van der Waals surface area contributed by atoms with Crippen LogP contribution in [0.1, 0.15) is 22.3 Å². The van der Waals surface area contributed by atoms with Gasteiger partial charge >= 0.3 is 0 Å². The Kier molecular flexibility index (Phi) is 3.78. The van der Waals surface area contributed by atoms with Gasteiger partial charge in [-0.2, -0.15) is 0 Å². The van der Waals surface area contributed by atoms with Crippen molar-refractivity contribution in [3.05, 3.63) is 38.6 Å². The van der Waals surface area contributed by atoms with Gasteiger partial charge in [0, 0.05) is 29.1 Å². The van der Waals surface area contributed by atoms with E-state index in [2.05, 4.69) is 31.6 Å². The first-order valence-corrected chi connectivity index (χ1v) is 6.69. The average Bonchev–Trinajstić information content (AvgIpc) is 2.84. The van der Waals surface area contributed by atoms with Crippen molar-refractivity contribution in [2.45, 2.75) is 19.4 Å². The number of hydrogen-bond donors (Lipinski definition) is 1. The fourth-order valence-corrected chi connectivity index (χ4v) is 2.93. The molecule has 2 rings (SSSR count). The number of likely N-dealkylation sites (N-methyl/N-ethyl adjacent to an activating group) is 1. The van der Waals surface area contributed by atoms with E-state index in [1.165, 1.54) is 0 Å². The quantitative estimate of drug-likeness (QED) is 0.941. The Morgan fingerprint density at radius 1 is 1.62 bits per heavy atom. The molecule has 0 aliphatic carbocycles. The first-order chi connectivity index (χ1) is 7.70. The molecule has 2 aromatic heterocycles. The summed E-state index contributed by atoms with van der Waals surface area (Å²) in [5, 5.41) is 6.50. The Labute approximate surface area is 107 Å². The zero-order valence-corrected chi connectivity index (χ0v) is 11.6. The van der Waals surface area contributed by atoms with Crippen molar-refractivity contribution in [2.75, 3.05) is 7.05 Å². The van der Waals surface area contributed by atoms with E-state index in [0.29, 0.717) is 0 Å². The molecule has 1 unspecified atom stereocenters. The predicted octanol–water partition coefficient (Wildman–Crippen LogP) is 3.31. The van der Waals surface area contributed by atoms with Crippen LogP contribution in [0.2, 0.25) is 0 Å². The maximum absolute atomic E-state index is 5.25. The van der Waals surface area contributed by atoms with E-state index in [1.54, 1.807) is 17.6 Å². The molecule has 0 bridgehead atoms. The molecule has 0 spiro atoms. The maximum Gasteiger partial charge on any atom is 0.173 e. The molecule has 0 aliphatic heterocycles. The van der Waals surface area contributed by atoms with Crippen LogP contribution in [-0.4, -0.2) is 12.0 Å². The number of hydrogen-bond acceptors (Lipinski definition) is 4. The Morgan fingerprint density at radius 2 is 2.44 bits per heavy atom. The molecule has 0 aliphatic rings. The summed E-state index contributed by atoms with van der Waals surface area (Å²) in [7, 11) is 1.95. The SMILES string of the molecule is CNC(Cc1nc(C)cs1)c1ccoc1Br. The van der Waals surface area contributed by atoms with Crippen LogP contribution >= 0.6 is 27.3 Å². The molecule has 1 N–H and O–H groups in total. The minimum absolute atomic E-state index is 0.235. The molecule has 1 atom stereocenters. The zero-order valence-electron chi connectivity index (χ0n) is 9.16. The van der Waals surface area contributed by atoms with Crippen molar-refractivity contribution in [1.29, 1.82) is 0 Å². The fourth-order valence-electron chi connectivity index (χ4n) is 1.59. The Morgan fingerprint density at radius 3 is 2.94 bits per heavy atom. The van der Waals surface area contributed by atoms with Crippen LogP contribution in [0.15, 0.2) is 26.8 Å². The van der Waals surface area contributed by atoms with Crippen LogP contribution in [0.25, 0.3) is 0 Å². The van der Waals surface area contributed by atoms with Gasteiger partial charge in [-0.3, -0.25) is 0 Å². The van der Waals surface area contributed by atoms with Crippen LogP contribution in [0.5, 0.6) is 0 Å². The van der Waals surface area contributed by atoms with Crippen molar-refractivity contribution in [3.8, 4) is 0 Å². The monoisotopic (exact) mass is 300 g/mol. The number of nitrogens with one attached hydrogen (secondary N) is 1. The van der Waals surface area contributed by atoms with Gasteiger partial charge in [-0.25, -0.2) is 4.98 Å². The average molecular weight is 301 g/mol. The van der Waals surface area contributed by atoms with Crippen LogP contribution in [-0.2, 0) is 6.42 Å². The Hall–Kier alpha value is -0.650. The van der Waals surface area contributed by atoms with Gasteiger partial charge in [0.1, 0.15) is 0 Å². The van der Waals surface area contributed by atoms with Crippen LogP contribution < -0.4 is 5.32 Å². The van der Waals surface area contributed by atoms with Crippen LogP contribution in [0.4, 0.5) is 0 Å². The van der Waals surface area contributed by atoms with Gasteiger partial charge < -0.3 is 9.73 Å². The number of thiazole rings is 1. The minimum Gasteiger partial charge on any atom is -0.457 e. The van der Waals surface area contributed by atoms with E-state index in [0.717, 1.165) is 27.4 Å². The van der Waals surface area contributed by atoms with Crippen molar-refractivity contribution in [1.82, 2.24) is 10.3 Å². The Bertz CT molecular complexity index is 466. The second kappa shape index (κ2) is 5.12. The third-order valence-electron chi connectivity index (χ3n) is 2.42. The van der Waals surface area contributed by atoms with Gasteiger partial charge in [0.05, 0.1) is 11.3 Å². The van der Waals surface area contributed by atoms with Gasteiger partial charge in [-0.1, -0.05) is 0 Å².